The van der Waals surface area contributed by atoms with Crippen LogP contribution in [-0.2, 0) is 22.5 Å². The highest BCUT2D eigenvalue weighted by molar-refractivity contribution is 7.77. The first-order chi connectivity index (χ1) is 7.99. The van der Waals surface area contributed by atoms with Gasteiger partial charge in [-0.3, -0.25) is 8.42 Å². The Balaban J connectivity index is 2.71. The Hall–Kier alpha value is -1.04. The molecule has 17 heavy (non-hydrogen) atoms. The van der Waals surface area contributed by atoms with Crippen LogP contribution >= 0.6 is 0 Å². The maximum Gasteiger partial charge on any atom is 0.0547 e. The molecule has 0 aliphatic carbocycles. The van der Waals surface area contributed by atoms with Crippen molar-refractivity contribution in [3.8, 4) is 0 Å². The van der Waals surface area contributed by atoms with Gasteiger partial charge in [-0.1, -0.05) is 6.07 Å². The number of aryl methyl sites for hydroxylation is 1. The summed E-state index contributed by atoms with van der Waals surface area (Å²) < 4.78 is 41.1. The average molecular weight is 278 g/mol. The van der Waals surface area contributed by atoms with Crippen LogP contribution in [0.25, 0.3) is 0 Å². The molecule has 10 heteroatoms. The van der Waals surface area contributed by atoms with E-state index in [1.807, 2.05) is 9.66 Å². The summed E-state index contributed by atoms with van der Waals surface area (Å²) in [5.74, 6) is 0. The molecule has 0 aromatic heterocycles. The van der Waals surface area contributed by atoms with Gasteiger partial charge in [-0.05, 0) is 24.6 Å². The van der Waals surface area contributed by atoms with Crippen LogP contribution in [-0.4, -0.2) is 17.5 Å². The lowest BCUT2D eigenvalue weighted by Crippen LogP contribution is -2.25. The summed E-state index contributed by atoms with van der Waals surface area (Å²) in [6.45, 7) is 1.76. The highest BCUT2D eigenvalue weighted by Crippen LogP contribution is 2.18. The second-order valence-corrected chi connectivity index (χ2v) is 4.30. The summed E-state index contributed by atoms with van der Waals surface area (Å²) in [5.41, 5.74) is 6.62. The Morgan fingerprint density at radius 1 is 1.06 bits per heavy atom. The van der Waals surface area contributed by atoms with Gasteiger partial charge < -0.3 is 20.0 Å². The molecule has 0 saturated carbocycles. The zero-order valence-corrected chi connectivity index (χ0v) is 10.3. The molecule has 0 aliphatic heterocycles. The van der Waals surface area contributed by atoms with Gasteiger partial charge in [-0.15, -0.1) is 0 Å². The molecule has 96 valence electrons. The Bertz CT molecular complexity index is 442. The van der Waals surface area contributed by atoms with Gasteiger partial charge in [0.1, 0.15) is 0 Å². The minimum atomic E-state index is -2.44. The Morgan fingerprint density at radius 2 is 1.65 bits per heavy atom. The molecule has 2 unspecified atom stereocenters. The summed E-state index contributed by atoms with van der Waals surface area (Å²) in [6.07, 6.45) is 0. The number of nitrogens with one attached hydrogen (secondary N) is 4. The molecular weight excluding hydrogens is 268 g/mol. The summed E-state index contributed by atoms with van der Waals surface area (Å²) in [7, 11) is 0. The summed E-state index contributed by atoms with van der Waals surface area (Å²) in [4.78, 5) is 3.96. The van der Waals surface area contributed by atoms with Crippen LogP contribution in [0.4, 0.5) is 11.4 Å². The van der Waals surface area contributed by atoms with E-state index < -0.39 is 22.5 Å². The van der Waals surface area contributed by atoms with Crippen molar-refractivity contribution in [1.29, 1.82) is 0 Å². The van der Waals surface area contributed by atoms with Crippen molar-refractivity contribution in [2.45, 2.75) is 6.92 Å². The van der Waals surface area contributed by atoms with Crippen molar-refractivity contribution < 1.29 is 17.5 Å². The molecule has 0 amide bonds. The molecule has 1 rings (SSSR count). The lowest BCUT2D eigenvalue weighted by atomic mass is 10.2. The van der Waals surface area contributed by atoms with Crippen LogP contribution in [0.3, 0.4) is 0 Å². The van der Waals surface area contributed by atoms with Crippen LogP contribution in [0.2, 0.25) is 0 Å². The molecule has 0 aliphatic rings. The van der Waals surface area contributed by atoms with E-state index in [1.165, 1.54) is 6.07 Å². The van der Waals surface area contributed by atoms with E-state index >= 15 is 0 Å². The van der Waals surface area contributed by atoms with E-state index in [0.717, 1.165) is 5.56 Å². The summed E-state index contributed by atoms with van der Waals surface area (Å²) >= 11 is -4.87. The molecular formula is C7H10N4O4S2-2. The Labute approximate surface area is 103 Å². The van der Waals surface area contributed by atoms with Crippen molar-refractivity contribution in [3.63, 3.8) is 0 Å². The van der Waals surface area contributed by atoms with Crippen molar-refractivity contribution in [2.75, 3.05) is 10.9 Å². The highest BCUT2D eigenvalue weighted by atomic mass is 32.2. The van der Waals surface area contributed by atoms with Gasteiger partial charge in [0.15, 0.2) is 0 Å². The van der Waals surface area contributed by atoms with E-state index in [0.29, 0.717) is 11.4 Å². The third kappa shape index (κ3) is 5.21. The van der Waals surface area contributed by atoms with Crippen LogP contribution in [0.15, 0.2) is 18.2 Å². The zero-order valence-electron chi connectivity index (χ0n) is 8.68. The van der Waals surface area contributed by atoms with Gasteiger partial charge in [-0.2, -0.15) is 9.66 Å². The molecule has 0 saturated heterocycles. The van der Waals surface area contributed by atoms with E-state index in [1.54, 1.807) is 19.1 Å². The smallest absolute Gasteiger partial charge is 0.0547 e. The minimum absolute atomic E-state index is 0.459. The van der Waals surface area contributed by atoms with Gasteiger partial charge in [0.05, 0.1) is 11.4 Å². The number of hydrazine groups is 2. The first-order valence-electron chi connectivity index (χ1n) is 4.31. The van der Waals surface area contributed by atoms with Crippen LogP contribution in [0, 0.1) is 6.92 Å². The Kier molecular flexibility index (Phi) is 5.47. The molecule has 4 N–H and O–H groups in total. The van der Waals surface area contributed by atoms with Crippen molar-refractivity contribution in [3.05, 3.63) is 23.8 Å². The molecule has 0 radical (unpaired) electrons. The largest absolute Gasteiger partial charge is 0.759 e. The monoisotopic (exact) mass is 278 g/mol. The zero-order chi connectivity index (χ0) is 12.8. The van der Waals surface area contributed by atoms with E-state index in [4.69, 9.17) is 0 Å². The third-order valence-electron chi connectivity index (χ3n) is 1.79. The van der Waals surface area contributed by atoms with Gasteiger partial charge in [-0.25, -0.2) is 0 Å². The van der Waals surface area contributed by atoms with E-state index in [9.17, 15) is 17.5 Å². The lowest BCUT2D eigenvalue weighted by Gasteiger charge is -2.15. The maximum absolute atomic E-state index is 10.3. The van der Waals surface area contributed by atoms with Gasteiger partial charge in [0.25, 0.3) is 0 Å². The number of benzene rings is 1. The molecule has 0 bridgehead atoms. The fraction of sp³-hybridized carbons (Fsp3) is 0.143. The van der Waals surface area contributed by atoms with Gasteiger partial charge >= 0.3 is 0 Å². The second-order valence-electron chi connectivity index (χ2n) is 2.95. The molecule has 0 heterocycles. The normalized spacial score (nSPS) is 14.1. The number of rotatable bonds is 6. The number of hydrogen-bond donors (Lipinski definition) is 4. The first kappa shape index (κ1) is 14.0. The standard InChI is InChI=1S/C7H12N4O4S2/c1-5-2-3-6(8-10-16(12)13)4-7(5)9-11-17(14)15/h2-4,8-11H,1H3,(H,12,13)(H,14,15)/p-2. The van der Waals surface area contributed by atoms with Crippen molar-refractivity contribution in [1.82, 2.24) is 9.66 Å². The highest BCUT2D eigenvalue weighted by Gasteiger charge is 1.99. The Morgan fingerprint density at radius 3 is 2.24 bits per heavy atom. The van der Waals surface area contributed by atoms with E-state index in [-0.39, 0.29) is 0 Å². The summed E-state index contributed by atoms with van der Waals surface area (Å²) in [6, 6.07) is 4.86. The molecule has 1 aromatic carbocycles. The fourth-order valence-corrected chi connectivity index (χ4v) is 1.43. The van der Waals surface area contributed by atoms with Crippen LogP contribution < -0.4 is 20.5 Å². The maximum atomic E-state index is 10.3. The summed E-state index contributed by atoms with van der Waals surface area (Å²) in [5, 5.41) is 0. The molecule has 0 fully saturated rings. The minimum Gasteiger partial charge on any atom is -0.759 e. The number of hydrogen-bond acceptors (Lipinski definition) is 6. The second kappa shape index (κ2) is 6.64. The molecule has 8 nitrogen and oxygen atoms in total. The predicted octanol–water partition coefficient (Wildman–Crippen LogP) is -0.584. The molecule has 1 aromatic rings. The van der Waals surface area contributed by atoms with Gasteiger partial charge in [0.2, 0.25) is 0 Å². The van der Waals surface area contributed by atoms with Crippen LogP contribution in [0.5, 0.6) is 0 Å². The molecule has 0 spiro atoms. The van der Waals surface area contributed by atoms with Crippen LogP contribution in [0.1, 0.15) is 5.56 Å². The topological polar surface area (TPSA) is 128 Å². The quantitative estimate of drug-likeness (QED) is 0.407. The fourth-order valence-electron chi connectivity index (χ4n) is 1.03. The first-order valence-corrected chi connectivity index (χ1v) is 6.46. The van der Waals surface area contributed by atoms with Gasteiger partial charge in [0, 0.05) is 22.5 Å². The van der Waals surface area contributed by atoms with E-state index in [2.05, 4.69) is 10.9 Å². The number of anilines is 2. The molecule has 2 atom stereocenters. The predicted molar refractivity (Wildman–Crippen MR) is 62.5 cm³/mol. The SMILES string of the molecule is Cc1ccc(NNS(=O)[O-])cc1NNS(=O)[O-]. The average Bonchev–Trinajstić information content (AvgIpc) is 2.26. The van der Waals surface area contributed by atoms with Crippen molar-refractivity contribution >= 4 is 33.9 Å². The van der Waals surface area contributed by atoms with Crippen molar-refractivity contribution in [2.24, 2.45) is 0 Å². The third-order valence-corrected chi connectivity index (χ3v) is 2.32. The lowest BCUT2D eigenvalue weighted by molar-refractivity contribution is 0.527.